The Morgan fingerprint density at radius 3 is 2.39 bits per heavy atom. The molecule has 0 aliphatic heterocycles. The molecule has 18 heavy (non-hydrogen) atoms. The highest BCUT2D eigenvalue weighted by atomic mass is 19.4. The first-order chi connectivity index (χ1) is 8.43. The van der Waals surface area contributed by atoms with Gasteiger partial charge < -0.3 is 4.74 Å². The Hall–Kier alpha value is -1.85. The normalized spacial score (nSPS) is 12.3. The lowest BCUT2D eigenvalue weighted by atomic mass is 10.2. The predicted molar refractivity (Wildman–Crippen MR) is 60.3 cm³/mol. The Morgan fingerprint density at radius 2 is 1.89 bits per heavy atom. The Bertz CT molecular complexity index is 427. The van der Waals surface area contributed by atoms with E-state index in [0.29, 0.717) is 5.56 Å². The van der Waals surface area contributed by atoms with Gasteiger partial charge in [-0.05, 0) is 5.56 Å². The molecule has 0 amide bonds. The Labute approximate surface area is 102 Å². The third kappa shape index (κ3) is 4.57. The Balaban J connectivity index is 2.48. The van der Waals surface area contributed by atoms with Gasteiger partial charge in [-0.15, -0.1) is 0 Å². The summed E-state index contributed by atoms with van der Waals surface area (Å²) in [5, 5.41) is 0. The number of halogens is 3. The smallest absolute Gasteiger partial charge is 0.429 e. The lowest BCUT2D eigenvalue weighted by Crippen LogP contribution is -2.26. The van der Waals surface area contributed by atoms with Crippen LogP contribution in [0.25, 0.3) is 0 Å². The molecule has 6 heteroatoms. The zero-order chi connectivity index (χ0) is 13.6. The van der Waals surface area contributed by atoms with Crippen molar-refractivity contribution in [2.75, 3.05) is 7.05 Å². The highest BCUT2D eigenvalue weighted by Gasteiger charge is 2.36. The fourth-order valence-corrected chi connectivity index (χ4v) is 1.23. The average molecular weight is 259 g/mol. The van der Waals surface area contributed by atoms with Crippen LogP contribution in [0.15, 0.2) is 35.3 Å². The van der Waals surface area contributed by atoms with Crippen LogP contribution >= 0.6 is 0 Å². The van der Waals surface area contributed by atoms with Gasteiger partial charge in [-0.1, -0.05) is 30.3 Å². The van der Waals surface area contributed by atoms with E-state index in [1.54, 1.807) is 30.3 Å². The maximum absolute atomic E-state index is 12.3. The van der Waals surface area contributed by atoms with Crippen molar-refractivity contribution in [2.24, 2.45) is 4.99 Å². The SMILES string of the molecule is CN=C(CC(=O)OCc1ccccc1)C(F)(F)F. The summed E-state index contributed by atoms with van der Waals surface area (Å²) in [4.78, 5) is 14.3. The van der Waals surface area contributed by atoms with Crippen LogP contribution in [0.5, 0.6) is 0 Å². The van der Waals surface area contributed by atoms with Gasteiger partial charge in [-0.2, -0.15) is 13.2 Å². The van der Waals surface area contributed by atoms with E-state index in [-0.39, 0.29) is 6.61 Å². The van der Waals surface area contributed by atoms with Crippen LogP contribution in [0.4, 0.5) is 13.2 Å². The highest BCUT2D eigenvalue weighted by molar-refractivity contribution is 6.02. The zero-order valence-corrected chi connectivity index (χ0v) is 9.70. The molecule has 0 aliphatic rings. The van der Waals surface area contributed by atoms with Crippen LogP contribution in [-0.4, -0.2) is 24.9 Å². The van der Waals surface area contributed by atoms with E-state index < -0.39 is 24.3 Å². The van der Waals surface area contributed by atoms with Crippen LogP contribution in [0.3, 0.4) is 0 Å². The number of aliphatic imine (C=N–C) groups is 1. The van der Waals surface area contributed by atoms with E-state index >= 15 is 0 Å². The minimum atomic E-state index is -4.60. The van der Waals surface area contributed by atoms with Crippen molar-refractivity contribution in [2.45, 2.75) is 19.2 Å². The molecule has 0 aliphatic carbocycles. The lowest BCUT2D eigenvalue weighted by molar-refractivity contribution is -0.144. The standard InChI is InChI=1S/C12H12F3NO2/c1-16-10(12(13,14)15)7-11(17)18-8-9-5-3-2-4-6-9/h2-6H,7-8H2,1H3. The van der Waals surface area contributed by atoms with E-state index in [9.17, 15) is 18.0 Å². The van der Waals surface area contributed by atoms with Crippen molar-refractivity contribution < 1.29 is 22.7 Å². The molecule has 98 valence electrons. The third-order valence-corrected chi connectivity index (χ3v) is 2.15. The van der Waals surface area contributed by atoms with Gasteiger partial charge in [0.15, 0.2) is 0 Å². The number of nitrogens with zero attached hydrogens (tertiary/aromatic N) is 1. The van der Waals surface area contributed by atoms with Crippen molar-refractivity contribution in [3.63, 3.8) is 0 Å². The van der Waals surface area contributed by atoms with Gasteiger partial charge >= 0.3 is 12.1 Å². The van der Waals surface area contributed by atoms with E-state index in [4.69, 9.17) is 4.74 Å². The number of esters is 1. The summed E-state index contributed by atoms with van der Waals surface area (Å²) in [5.41, 5.74) is -0.423. The van der Waals surface area contributed by atoms with Gasteiger partial charge in [0.25, 0.3) is 0 Å². The van der Waals surface area contributed by atoms with Gasteiger partial charge in [0, 0.05) is 7.05 Å². The van der Waals surface area contributed by atoms with Gasteiger partial charge in [-0.25, -0.2) is 0 Å². The molecule has 0 bridgehead atoms. The van der Waals surface area contributed by atoms with Crippen molar-refractivity contribution in [1.82, 2.24) is 0 Å². The fourth-order valence-electron chi connectivity index (χ4n) is 1.23. The van der Waals surface area contributed by atoms with Crippen LogP contribution < -0.4 is 0 Å². The zero-order valence-electron chi connectivity index (χ0n) is 9.70. The van der Waals surface area contributed by atoms with E-state index in [0.717, 1.165) is 7.05 Å². The molecule has 1 aromatic carbocycles. The first-order valence-corrected chi connectivity index (χ1v) is 5.16. The first kappa shape index (κ1) is 14.2. The number of carbonyl (C=O) groups is 1. The molecule has 0 aromatic heterocycles. The maximum Gasteiger partial charge on any atom is 0.429 e. The second-order valence-corrected chi connectivity index (χ2v) is 3.49. The Kier molecular flexibility index (Phi) is 4.88. The minimum Gasteiger partial charge on any atom is -0.461 e. The molecule has 3 nitrogen and oxygen atoms in total. The topological polar surface area (TPSA) is 38.7 Å². The quantitative estimate of drug-likeness (QED) is 0.616. The fraction of sp³-hybridized carbons (Fsp3) is 0.333. The van der Waals surface area contributed by atoms with Gasteiger partial charge in [0.1, 0.15) is 12.3 Å². The van der Waals surface area contributed by atoms with Gasteiger partial charge in [0.05, 0.1) is 6.42 Å². The van der Waals surface area contributed by atoms with Crippen LogP contribution in [-0.2, 0) is 16.1 Å². The summed E-state index contributed by atoms with van der Waals surface area (Å²) < 4.78 is 41.7. The summed E-state index contributed by atoms with van der Waals surface area (Å²) in [6, 6.07) is 8.71. The van der Waals surface area contributed by atoms with Gasteiger partial charge in [-0.3, -0.25) is 9.79 Å². The lowest BCUT2D eigenvalue weighted by Gasteiger charge is -2.09. The summed E-state index contributed by atoms with van der Waals surface area (Å²) in [5.74, 6) is -0.947. The number of benzene rings is 1. The van der Waals surface area contributed by atoms with Crippen molar-refractivity contribution in [3.05, 3.63) is 35.9 Å². The third-order valence-electron chi connectivity index (χ3n) is 2.15. The molecule has 0 fully saturated rings. The summed E-state index contributed by atoms with van der Waals surface area (Å²) >= 11 is 0. The maximum atomic E-state index is 12.3. The van der Waals surface area contributed by atoms with E-state index in [2.05, 4.69) is 4.99 Å². The molecule has 0 radical (unpaired) electrons. The molecule has 0 heterocycles. The predicted octanol–water partition coefficient (Wildman–Crippen LogP) is 2.75. The summed E-state index contributed by atoms with van der Waals surface area (Å²) in [6.07, 6.45) is -5.46. The number of rotatable bonds is 4. The summed E-state index contributed by atoms with van der Waals surface area (Å²) in [6.45, 7) is -0.0471. The Morgan fingerprint density at radius 1 is 1.28 bits per heavy atom. The molecule has 0 spiro atoms. The number of alkyl halides is 3. The molecular weight excluding hydrogens is 247 g/mol. The molecule has 1 rings (SSSR count). The van der Waals surface area contributed by atoms with Crippen LogP contribution in [0, 0.1) is 0 Å². The largest absolute Gasteiger partial charge is 0.461 e. The molecule has 0 N–H and O–H groups in total. The molecule has 0 saturated carbocycles. The van der Waals surface area contributed by atoms with Crippen molar-refractivity contribution in [1.29, 1.82) is 0 Å². The van der Waals surface area contributed by atoms with Crippen LogP contribution in [0.1, 0.15) is 12.0 Å². The first-order valence-electron chi connectivity index (χ1n) is 5.16. The number of carbonyl (C=O) groups excluding carboxylic acids is 1. The van der Waals surface area contributed by atoms with Gasteiger partial charge in [0.2, 0.25) is 0 Å². The molecule has 0 unspecified atom stereocenters. The minimum absolute atomic E-state index is 0.0471. The van der Waals surface area contributed by atoms with E-state index in [1.807, 2.05) is 0 Å². The highest BCUT2D eigenvalue weighted by Crippen LogP contribution is 2.19. The van der Waals surface area contributed by atoms with E-state index in [1.165, 1.54) is 0 Å². The van der Waals surface area contributed by atoms with Crippen molar-refractivity contribution >= 4 is 11.7 Å². The molecule has 0 saturated heterocycles. The van der Waals surface area contributed by atoms with Crippen molar-refractivity contribution in [3.8, 4) is 0 Å². The number of hydrogen-bond donors (Lipinski definition) is 0. The monoisotopic (exact) mass is 259 g/mol. The average Bonchev–Trinajstić information content (AvgIpc) is 2.33. The molecule has 0 atom stereocenters. The number of ether oxygens (including phenoxy) is 1. The molecule has 1 aromatic rings. The second-order valence-electron chi connectivity index (χ2n) is 3.49. The van der Waals surface area contributed by atoms with Crippen LogP contribution in [0.2, 0.25) is 0 Å². The number of hydrogen-bond acceptors (Lipinski definition) is 3. The second kappa shape index (κ2) is 6.18. The summed E-state index contributed by atoms with van der Waals surface area (Å²) in [7, 11) is 0.993. The molecular formula is C12H12F3NO2.